The van der Waals surface area contributed by atoms with Crippen LogP contribution >= 0.6 is 11.3 Å². The summed E-state index contributed by atoms with van der Waals surface area (Å²) in [7, 11) is 0. The average molecular weight is 825 g/mol. The van der Waals surface area contributed by atoms with Gasteiger partial charge in [-0.25, -0.2) is 13.8 Å². The molecule has 14 nitrogen and oxygen atoms in total. The molecule has 3 saturated heterocycles. The Morgan fingerprint density at radius 1 is 0.915 bits per heavy atom. The number of fused-ring (bicyclic) bond motifs is 2. The number of thiazole rings is 1. The van der Waals surface area contributed by atoms with Crippen molar-refractivity contribution in [2.75, 3.05) is 49.5 Å². The number of hydrogen-bond donors (Lipinski definition) is 3. The minimum atomic E-state index is -1.30. The molecule has 3 aromatic carbocycles. The zero-order valence-electron chi connectivity index (χ0n) is 32.0. The van der Waals surface area contributed by atoms with E-state index in [0.717, 1.165) is 75.5 Å². The van der Waals surface area contributed by atoms with E-state index >= 15 is 4.39 Å². The van der Waals surface area contributed by atoms with Gasteiger partial charge >= 0.3 is 0 Å². The summed E-state index contributed by atoms with van der Waals surface area (Å²) in [5.74, 6) is -3.64. The molecule has 59 heavy (non-hydrogen) atoms. The Bertz CT molecular complexity index is 2350. The number of anilines is 2. The summed E-state index contributed by atoms with van der Waals surface area (Å²) in [5.41, 5.74) is 3.16. The molecular formula is C42H42F2N8O6S. The van der Waals surface area contributed by atoms with E-state index in [4.69, 9.17) is 0 Å². The molecule has 5 amide bonds. The lowest BCUT2D eigenvalue weighted by molar-refractivity contribution is -0.137. The number of aromatic nitrogens is 1. The van der Waals surface area contributed by atoms with E-state index in [1.807, 2.05) is 18.2 Å². The van der Waals surface area contributed by atoms with Gasteiger partial charge in [-0.3, -0.25) is 44.4 Å². The molecule has 3 fully saturated rings. The number of piperidine rings is 2. The number of aromatic hydroxyl groups is 1. The third-order valence-corrected chi connectivity index (χ3v) is 13.0. The normalized spacial score (nSPS) is 20.8. The topological polar surface area (TPSA) is 159 Å². The number of phenols is 1. The summed E-state index contributed by atoms with van der Waals surface area (Å²) >= 11 is 1.20. The summed E-state index contributed by atoms with van der Waals surface area (Å²) in [6.07, 6.45) is 3.74. The highest BCUT2D eigenvalue weighted by molar-refractivity contribution is 7.13. The maximum absolute atomic E-state index is 15.9. The molecule has 5 aliphatic heterocycles. The SMILES string of the molecule is O=C1CCC(N2Cc3c(ccc(CN4CCN(C5CCN(c6ccc7c(c6)C(=O)N(C(C(=O)Nc6nccs6)c6cc(F)ccc6O)C7)CC5)CC4)c3F)C2=O)C(=O)N1. The van der Waals surface area contributed by atoms with Gasteiger partial charge in [0.05, 0.1) is 6.54 Å². The maximum Gasteiger partial charge on any atom is 0.255 e. The van der Waals surface area contributed by atoms with Crippen LogP contribution in [0, 0.1) is 11.6 Å². The highest BCUT2D eigenvalue weighted by Crippen LogP contribution is 2.38. The monoisotopic (exact) mass is 824 g/mol. The Kier molecular flexibility index (Phi) is 10.3. The second-order valence-corrected chi connectivity index (χ2v) is 16.6. The van der Waals surface area contributed by atoms with Gasteiger partial charge in [0.2, 0.25) is 11.8 Å². The second kappa shape index (κ2) is 15.8. The van der Waals surface area contributed by atoms with Crippen LogP contribution in [0.5, 0.6) is 5.75 Å². The van der Waals surface area contributed by atoms with Crippen LogP contribution in [0.25, 0.3) is 0 Å². The van der Waals surface area contributed by atoms with Crippen molar-refractivity contribution in [1.82, 2.24) is 29.9 Å². The molecule has 9 rings (SSSR count). The van der Waals surface area contributed by atoms with Gasteiger partial charge < -0.3 is 19.8 Å². The predicted octanol–water partition coefficient (Wildman–Crippen LogP) is 4.01. The number of nitrogens with zero attached hydrogens (tertiary/aromatic N) is 6. The average Bonchev–Trinajstić information content (AvgIpc) is 3.96. The fraction of sp³-hybridized carbons (Fsp3) is 0.381. The van der Waals surface area contributed by atoms with Gasteiger partial charge in [0.15, 0.2) is 5.13 Å². The quantitative estimate of drug-likeness (QED) is 0.211. The minimum absolute atomic E-state index is 0.00234. The molecule has 0 saturated carbocycles. The van der Waals surface area contributed by atoms with Gasteiger partial charge in [-0.1, -0.05) is 12.1 Å². The molecule has 2 unspecified atom stereocenters. The summed E-state index contributed by atoms with van der Waals surface area (Å²) in [6, 6.07) is 10.7. The molecule has 5 aliphatic rings. The number of piperazine rings is 1. The Hall–Kier alpha value is -5.78. The third kappa shape index (κ3) is 7.42. The number of amides is 5. The highest BCUT2D eigenvalue weighted by atomic mass is 32.1. The number of phenolic OH excluding ortho intramolecular Hbond substituents is 1. The summed E-state index contributed by atoms with van der Waals surface area (Å²) < 4.78 is 30.3. The van der Waals surface area contributed by atoms with E-state index in [2.05, 4.69) is 30.3 Å². The second-order valence-electron chi connectivity index (χ2n) is 15.7. The molecular weight excluding hydrogens is 783 g/mol. The van der Waals surface area contributed by atoms with Crippen LogP contribution in [0.2, 0.25) is 0 Å². The summed E-state index contributed by atoms with van der Waals surface area (Å²) in [5, 5.41) is 17.7. The van der Waals surface area contributed by atoms with Crippen LogP contribution in [-0.2, 0) is 34.0 Å². The molecule has 17 heteroatoms. The van der Waals surface area contributed by atoms with Crippen LogP contribution in [0.3, 0.4) is 0 Å². The summed E-state index contributed by atoms with van der Waals surface area (Å²) in [6.45, 7) is 5.28. The molecule has 1 aromatic heterocycles. The Morgan fingerprint density at radius 3 is 2.46 bits per heavy atom. The first kappa shape index (κ1) is 38.7. The standard InChI is InChI=1S/C42H42F2N8O6S/c43-26-3-7-34(53)31(19-26)37(39(56)47-42-45-11-18-59-42)52-22-24-1-4-28(20-30(24)41(52)58)49-12-9-27(10-13-49)50-16-14-48(15-17-50)21-25-2-5-29-32(36(25)44)23-51(40(29)57)33-6-8-35(54)46-38(33)55/h1-5,7,11,18-20,27,33,37,53H,6,8-10,12-17,21-23H2,(H,45,47,56)(H,46,54,55). The van der Waals surface area contributed by atoms with Crippen LogP contribution in [0.15, 0.2) is 60.1 Å². The minimum Gasteiger partial charge on any atom is -0.508 e. The van der Waals surface area contributed by atoms with Crippen molar-refractivity contribution in [2.45, 2.75) is 63.4 Å². The lowest BCUT2D eigenvalue weighted by Gasteiger charge is -2.43. The van der Waals surface area contributed by atoms with Crippen LogP contribution in [0.4, 0.5) is 19.6 Å². The Balaban J connectivity index is 0.798. The maximum atomic E-state index is 15.9. The van der Waals surface area contributed by atoms with E-state index in [-0.39, 0.29) is 54.6 Å². The van der Waals surface area contributed by atoms with Crippen LogP contribution in [-0.4, -0.2) is 111 Å². The van der Waals surface area contributed by atoms with Gasteiger partial charge in [0, 0.05) is 110 Å². The molecule has 0 spiro atoms. The van der Waals surface area contributed by atoms with Crippen molar-refractivity contribution in [1.29, 1.82) is 0 Å². The van der Waals surface area contributed by atoms with Crippen molar-refractivity contribution in [3.63, 3.8) is 0 Å². The number of carbonyl (C=O) groups excluding carboxylic acids is 5. The van der Waals surface area contributed by atoms with Crippen molar-refractivity contribution < 1.29 is 37.9 Å². The largest absolute Gasteiger partial charge is 0.508 e. The number of carbonyl (C=O) groups is 5. The molecule has 2 atom stereocenters. The third-order valence-electron chi connectivity index (χ3n) is 12.3. The van der Waals surface area contributed by atoms with E-state index in [1.54, 1.807) is 17.5 Å². The van der Waals surface area contributed by atoms with E-state index in [1.165, 1.54) is 33.4 Å². The first-order valence-electron chi connectivity index (χ1n) is 19.8. The molecule has 4 aromatic rings. The van der Waals surface area contributed by atoms with E-state index in [0.29, 0.717) is 34.4 Å². The lowest BCUT2D eigenvalue weighted by Crippen LogP contribution is -2.53. The highest BCUT2D eigenvalue weighted by Gasteiger charge is 2.42. The smallest absolute Gasteiger partial charge is 0.255 e. The number of rotatable bonds is 9. The molecule has 306 valence electrons. The molecule has 3 N–H and O–H groups in total. The summed E-state index contributed by atoms with van der Waals surface area (Å²) in [4.78, 5) is 78.6. The van der Waals surface area contributed by atoms with E-state index in [9.17, 15) is 33.5 Å². The van der Waals surface area contributed by atoms with Crippen LogP contribution in [0.1, 0.15) is 74.7 Å². The van der Waals surface area contributed by atoms with Crippen LogP contribution < -0.4 is 15.5 Å². The molecule has 0 aliphatic carbocycles. The van der Waals surface area contributed by atoms with Crippen molar-refractivity contribution in [3.8, 4) is 5.75 Å². The fourth-order valence-corrected chi connectivity index (χ4v) is 9.69. The number of imide groups is 1. The van der Waals surface area contributed by atoms with Crippen molar-refractivity contribution in [3.05, 3.63) is 105 Å². The van der Waals surface area contributed by atoms with Gasteiger partial charge in [0.25, 0.3) is 17.7 Å². The fourth-order valence-electron chi connectivity index (χ4n) is 9.16. The van der Waals surface area contributed by atoms with Crippen molar-refractivity contribution in [2.24, 2.45) is 0 Å². The molecule has 6 heterocycles. The molecule has 0 bridgehead atoms. The van der Waals surface area contributed by atoms with Gasteiger partial charge in [-0.15, -0.1) is 11.3 Å². The zero-order chi connectivity index (χ0) is 40.9. The Morgan fingerprint density at radius 2 is 1.71 bits per heavy atom. The Labute approximate surface area is 342 Å². The molecule has 0 radical (unpaired) electrons. The predicted molar refractivity (Wildman–Crippen MR) is 212 cm³/mol. The number of hydrogen-bond acceptors (Lipinski definition) is 11. The van der Waals surface area contributed by atoms with E-state index < -0.39 is 41.4 Å². The first-order valence-corrected chi connectivity index (χ1v) is 20.7. The zero-order valence-corrected chi connectivity index (χ0v) is 32.9. The van der Waals surface area contributed by atoms with Crippen molar-refractivity contribution >= 4 is 51.7 Å². The lowest BCUT2D eigenvalue weighted by atomic mass is 10.0. The van der Waals surface area contributed by atoms with Gasteiger partial charge in [0.1, 0.15) is 29.5 Å². The first-order chi connectivity index (χ1) is 28.5. The van der Waals surface area contributed by atoms with Gasteiger partial charge in [-0.2, -0.15) is 0 Å². The number of nitrogens with one attached hydrogen (secondary N) is 2. The van der Waals surface area contributed by atoms with Gasteiger partial charge in [-0.05, 0) is 61.2 Å². The number of benzene rings is 3. The number of halogens is 2.